The molecule has 0 spiro atoms. The molecule has 1 saturated carbocycles. The van der Waals surface area contributed by atoms with Crippen molar-refractivity contribution in [3.05, 3.63) is 29.8 Å². The van der Waals surface area contributed by atoms with E-state index in [0.717, 1.165) is 18.7 Å². The van der Waals surface area contributed by atoms with E-state index in [1.54, 1.807) is 7.11 Å². The minimum atomic E-state index is 0.195. The quantitative estimate of drug-likeness (QED) is 0.833. The number of hydrogen-bond acceptors (Lipinski definition) is 2. The average molecular weight is 254 g/mol. The van der Waals surface area contributed by atoms with Crippen molar-refractivity contribution in [2.75, 3.05) is 7.11 Å². The van der Waals surface area contributed by atoms with Gasteiger partial charge in [0.1, 0.15) is 5.75 Å². The van der Waals surface area contributed by atoms with Gasteiger partial charge in [-0.15, -0.1) is 11.6 Å². The van der Waals surface area contributed by atoms with E-state index in [-0.39, 0.29) is 5.41 Å². The van der Waals surface area contributed by atoms with Gasteiger partial charge in [0.05, 0.1) is 7.11 Å². The highest BCUT2D eigenvalue weighted by atomic mass is 35.5. The lowest BCUT2D eigenvalue weighted by Gasteiger charge is -2.49. The molecule has 94 valence electrons. The molecule has 1 N–H and O–H groups in total. The Bertz CT molecular complexity index is 392. The first-order valence-electron chi connectivity index (χ1n) is 6.04. The Balaban J connectivity index is 1.90. The number of alkyl halides is 1. The highest BCUT2D eigenvalue weighted by Gasteiger charge is 2.46. The summed E-state index contributed by atoms with van der Waals surface area (Å²) in [6, 6.07) is 8.67. The minimum absolute atomic E-state index is 0.195. The van der Waals surface area contributed by atoms with Gasteiger partial charge in [-0.2, -0.15) is 0 Å². The zero-order valence-electron chi connectivity index (χ0n) is 10.7. The maximum atomic E-state index is 6.20. The molecule has 0 heterocycles. The van der Waals surface area contributed by atoms with E-state index in [9.17, 15) is 0 Å². The molecule has 17 heavy (non-hydrogen) atoms. The summed E-state index contributed by atoms with van der Waals surface area (Å²) in [6.07, 6.45) is 1.05. The first kappa shape index (κ1) is 12.7. The largest absolute Gasteiger partial charge is 0.497 e. The van der Waals surface area contributed by atoms with Gasteiger partial charge in [-0.25, -0.2) is 0 Å². The highest BCUT2D eigenvalue weighted by Crippen LogP contribution is 2.44. The Morgan fingerprint density at radius 3 is 2.82 bits per heavy atom. The van der Waals surface area contributed by atoms with Gasteiger partial charge in [0.15, 0.2) is 0 Å². The van der Waals surface area contributed by atoms with Crippen LogP contribution in [0, 0.1) is 5.41 Å². The van der Waals surface area contributed by atoms with Crippen LogP contribution in [-0.2, 0) is 6.54 Å². The van der Waals surface area contributed by atoms with Crippen LogP contribution in [0.4, 0.5) is 0 Å². The third kappa shape index (κ3) is 2.58. The molecule has 0 saturated heterocycles. The van der Waals surface area contributed by atoms with Crippen molar-refractivity contribution < 1.29 is 4.74 Å². The standard InChI is InChI=1S/C14H20ClNO/c1-14(2)12(15)8-13(14)16-9-10-5-4-6-11(7-10)17-3/h4-7,12-13,16H,8-9H2,1-3H3. The lowest BCUT2D eigenvalue weighted by atomic mass is 9.67. The molecule has 0 aliphatic heterocycles. The number of benzene rings is 1. The summed E-state index contributed by atoms with van der Waals surface area (Å²) in [5.74, 6) is 0.910. The summed E-state index contributed by atoms with van der Waals surface area (Å²) in [6.45, 7) is 5.31. The van der Waals surface area contributed by atoms with Crippen molar-refractivity contribution in [2.24, 2.45) is 5.41 Å². The normalized spacial score (nSPS) is 26.4. The van der Waals surface area contributed by atoms with Crippen molar-refractivity contribution >= 4 is 11.6 Å². The number of rotatable bonds is 4. The monoisotopic (exact) mass is 253 g/mol. The molecule has 0 aromatic heterocycles. The Morgan fingerprint density at radius 2 is 2.24 bits per heavy atom. The average Bonchev–Trinajstić information content (AvgIpc) is 2.34. The lowest BCUT2D eigenvalue weighted by Crippen LogP contribution is -2.57. The van der Waals surface area contributed by atoms with Crippen molar-refractivity contribution in [3.63, 3.8) is 0 Å². The molecule has 3 heteroatoms. The molecule has 0 bridgehead atoms. The van der Waals surface area contributed by atoms with E-state index in [0.29, 0.717) is 11.4 Å². The van der Waals surface area contributed by atoms with Crippen LogP contribution in [0.1, 0.15) is 25.8 Å². The zero-order valence-corrected chi connectivity index (χ0v) is 11.4. The van der Waals surface area contributed by atoms with Gasteiger partial charge in [-0.05, 0) is 29.5 Å². The second kappa shape index (κ2) is 4.87. The van der Waals surface area contributed by atoms with Crippen molar-refractivity contribution in [1.82, 2.24) is 5.32 Å². The van der Waals surface area contributed by atoms with Gasteiger partial charge in [-0.3, -0.25) is 0 Å². The summed E-state index contributed by atoms with van der Waals surface area (Å²) in [7, 11) is 1.69. The van der Waals surface area contributed by atoms with Gasteiger partial charge < -0.3 is 10.1 Å². The number of halogens is 1. The van der Waals surface area contributed by atoms with E-state index in [1.807, 2.05) is 12.1 Å². The maximum absolute atomic E-state index is 6.20. The van der Waals surface area contributed by atoms with E-state index in [2.05, 4.69) is 31.3 Å². The van der Waals surface area contributed by atoms with E-state index >= 15 is 0 Å². The van der Waals surface area contributed by atoms with Gasteiger partial charge in [0.25, 0.3) is 0 Å². The third-order valence-electron chi connectivity index (χ3n) is 3.83. The fraction of sp³-hybridized carbons (Fsp3) is 0.571. The van der Waals surface area contributed by atoms with Crippen molar-refractivity contribution in [2.45, 2.75) is 38.2 Å². The molecule has 1 aliphatic carbocycles. The molecule has 2 atom stereocenters. The van der Waals surface area contributed by atoms with Crippen LogP contribution in [0.3, 0.4) is 0 Å². The van der Waals surface area contributed by atoms with Gasteiger partial charge in [0.2, 0.25) is 0 Å². The number of nitrogens with one attached hydrogen (secondary N) is 1. The van der Waals surface area contributed by atoms with E-state index < -0.39 is 0 Å². The minimum Gasteiger partial charge on any atom is -0.497 e. The Morgan fingerprint density at radius 1 is 1.47 bits per heavy atom. The van der Waals surface area contributed by atoms with Crippen LogP contribution in [0.2, 0.25) is 0 Å². The Labute approximate surface area is 108 Å². The molecular formula is C14H20ClNO. The Hall–Kier alpha value is -0.730. The molecule has 1 aromatic carbocycles. The van der Waals surface area contributed by atoms with Crippen LogP contribution < -0.4 is 10.1 Å². The molecule has 2 rings (SSSR count). The second-order valence-electron chi connectivity index (χ2n) is 5.31. The molecular weight excluding hydrogens is 234 g/mol. The number of ether oxygens (including phenoxy) is 1. The van der Waals surface area contributed by atoms with Crippen molar-refractivity contribution in [3.8, 4) is 5.75 Å². The fourth-order valence-corrected chi connectivity index (χ4v) is 2.57. The third-order valence-corrected chi connectivity index (χ3v) is 4.58. The number of hydrogen-bond donors (Lipinski definition) is 1. The first-order chi connectivity index (χ1) is 8.04. The van der Waals surface area contributed by atoms with Crippen LogP contribution in [0.25, 0.3) is 0 Å². The van der Waals surface area contributed by atoms with Crippen LogP contribution >= 0.6 is 11.6 Å². The van der Waals surface area contributed by atoms with E-state index in [4.69, 9.17) is 16.3 Å². The maximum Gasteiger partial charge on any atom is 0.119 e. The summed E-state index contributed by atoms with van der Waals surface area (Å²) < 4.78 is 5.21. The van der Waals surface area contributed by atoms with Crippen LogP contribution in [0.15, 0.2) is 24.3 Å². The van der Waals surface area contributed by atoms with Crippen LogP contribution in [-0.4, -0.2) is 18.5 Å². The van der Waals surface area contributed by atoms with Gasteiger partial charge >= 0.3 is 0 Å². The molecule has 0 amide bonds. The molecule has 2 nitrogen and oxygen atoms in total. The number of methoxy groups -OCH3 is 1. The smallest absolute Gasteiger partial charge is 0.119 e. The van der Waals surface area contributed by atoms with Crippen molar-refractivity contribution in [1.29, 1.82) is 0 Å². The molecule has 0 radical (unpaired) electrons. The summed E-state index contributed by atoms with van der Waals surface area (Å²) in [4.78, 5) is 0. The lowest BCUT2D eigenvalue weighted by molar-refractivity contribution is 0.115. The topological polar surface area (TPSA) is 21.3 Å². The molecule has 1 aliphatic rings. The summed E-state index contributed by atoms with van der Waals surface area (Å²) in [5, 5.41) is 3.86. The Kier molecular flexibility index (Phi) is 3.64. The van der Waals surface area contributed by atoms with Gasteiger partial charge in [-0.1, -0.05) is 26.0 Å². The first-order valence-corrected chi connectivity index (χ1v) is 6.48. The highest BCUT2D eigenvalue weighted by molar-refractivity contribution is 6.21. The van der Waals surface area contributed by atoms with E-state index in [1.165, 1.54) is 5.56 Å². The molecule has 2 unspecified atom stereocenters. The summed E-state index contributed by atoms with van der Waals surface area (Å²) in [5.41, 5.74) is 1.44. The molecule has 1 fully saturated rings. The molecule has 1 aromatic rings. The zero-order chi connectivity index (χ0) is 12.5. The second-order valence-corrected chi connectivity index (χ2v) is 5.84. The summed E-state index contributed by atoms with van der Waals surface area (Å²) >= 11 is 6.20. The predicted octanol–water partition coefficient (Wildman–Crippen LogP) is 3.19. The predicted molar refractivity (Wildman–Crippen MR) is 71.7 cm³/mol. The SMILES string of the molecule is COc1cccc(CNC2CC(Cl)C2(C)C)c1. The van der Waals surface area contributed by atoms with Gasteiger partial charge in [0, 0.05) is 18.0 Å². The fourth-order valence-electron chi connectivity index (χ4n) is 2.24. The van der Waals surface area contributed by atoms with Crippen LogP contribution in [0.5, 0.6) is 5.75 Å².